The molecule has 1 aromatic carbocycles. The van der Waals surface area contributed by atoms with E-state index in [2.05, 4.69) is 25.3 Å². The monoisotopic (exact) mass is 297 g/mol. The van der Waals surface area contributed by atoms with Gasteiger partial charge in [-0.2, -0.15) is 4.98 Å². The predicted molar refractivity (Wildman–Crippen MR) is 83.0 cm³/mol. The molecule has 0 amide bonds. The molecule has 0 saturated carbocycles. The number of aryl methyl sites for hydroxylation is 1. The number of H-pyrrole nitrogens is 1. The molecule has 0 spiro atoms. The Labute approximate surface area is 126 Å². The number of fused-ring (bicyclic) bond motifs is 1. The van der Waals surface area contributed by atoms with Crippen LogP contribution in [0.25, 0.3) is 10.9 Å². The Bertz CT molecular complexity index is 875. The fourth-order valence-electron chi connectivity index (χ4n) is 2.10. The summed E-state index contributed by atoms with van der Waals surface area (Å²) in [4.78, 5) is 27.6. The van der Waals surface area contributed by atoms with Crippen molar-refractivity contribution in [2.45, 2.75) is 13.5 Å². The first kappa shape index (κ1) is 14.0. The largest absolute Gasteiger partial charge is 0.481 e. The number of methoxy groups -OCH3 is 1. The van der Waals surface area contributed by atoms with Crippen molar-refractivity contribution < 1.29 is 4.74 Å². The first-order valence-electron chi connectivity index (χ1n) is 6.77. The lowest BCUT2D eigenvalue weighted by molar-refractivity contribution is 0.397. The highest BCUT2D eigenvalue weighted by Crippen LogP contribution is 2.12. The number of benzene rings is 1. The third-order valence-electron chi connectivity index (χ3n) is 3.12. The Hall–Kier alpha value is -2.96. The molecule has 0 saturated heterocycles. The number of ether oxygens (including phenoxy) is 1. The molecule has 2 aromatic heterocycles. The smallest absolute Gasteiger partial charge is 0.258 e. The average Bonchev–Trinajstić information content (AvgIpc) is 2.52. The van der Waals surface area contributed by atoms with Crippen molar-refractivity contribution in [2.75, 3.05) is 12.4 Å². The fourth-order valence-corrected chi connectivity index (χ4v) is 2.10. The van der Waals surface area contributed by atoms with Gasteiger partial charge in [-0.05, 0) is 19.1 Å². The van der Waals surface area contributed by atoms with Crippen LogP contribution >= 0.6 is 0 Å². The number of nitrogens with one attached hydrogen (secondary N) is 2. The van der Waals surface area contributed by atoms with Gasteiger partial charge in [-0.3, -0.25) is 4.79 Å². The van der Waals surface area contributed by atoms with Crippen molar-refractivity contribution in [3.05, 3.63) is 52.2 Å². The minimum absolute atomic E-state index is 0.162. The van der Waals surface area contributed by atoms with Gasteiger partial charge in [0.25, 0.3) is 5.56 Å². The van der Waals surface area contributed by atoms with E-state index >= 15 is 0 Å². The van der Waals surface area contributed by atoms with Crippen LogP contribution in [0, 0.1) is 6.92 Å². The van der Waals surface area contributed by atoms with Crippen LogP contribution in [0.2, 0.25) is 0 Å². The molecule has 2 heterocycles. The zero-order chi connectivity index (χ0) is 15.5. The first-order valence-corrected chi connectivity index (χ1v) is 6.77. The van der Waals surface area contributed by atoms with Gasteiger partial charge in [0.05, 0.1) is 24.6 Å². The minimum atomic E-state index is -0.162. The second-order valence-corrected chi connectivity index (χ2v) is 4.76. The molecular formula is C15H15N5O2. The molecule has 2 N–H and O–H groups in total. The number of anilines is 1. The van der Waals surface area contributed by atoms with Gasteiger partial charge in [0.1, 0.15) is 5.82 Å². The molecule has 0 fully saturated rings. The lowest BCUT2D eigenvalue weighted by atomic mass is 10.2. The van der Waals surface area contributed by atoms with Crippen molar-refractivity contribution in [3.8, 4) is 5.88 Å². The fraction of sp³-hybridized carbons (Fsp3) is 0.200. The lowest BCUT2D eigenvalue weighted by Crippen LogP contribution is -2.15. The maximum Gasteiger partial charge on any atom is 0.258 e. The van der Waals surface area contributed by atoms with E-state index in [0.717, 1.165) is 5.69 Å². The Balaban J connectivity index is 1.85. The van der Waals surface area contributed by atoms with E-state index in [9.17, 15) is 4.79 Å². The van der Waals surface area contributed by atoms with Crippen LogP contribution in [-0.2, 0) is 6.54 Å². The maximum atomic E-state index is 12.0. The highest BCUT2D eigenvalue weighted by molar-refractivity contribution is 5.77. The summed E-state index contributed by atoms with van der Waals surface area (Å²) in [6.07, 6.45) is 0. The van der Waals surface area contributed by atoms with E-state index in [1.165, 1.54) is 0 Å². The van der Waals surface area contributed by atoms with E-state index in [-0.39, 0.29) is 5.56 Å². The SMILES string of the molecule is COc1cc(C)nc(NCc2nc3ccccc3c(=O)[nH]2)n1. The van der Waals surface area contributed by atoms with Crippen LogP contribution < -0.4 is 15.6 Å². The van der Waals surface area contributed by atoms with Gasteiger partial charge in [0, 0.05) is 11.8 Å². The third kappa shape index (κ3) is 2.88. The van der Waals surface area contributed by atoms with Gasteiger partial charge in [-0.1, -0.05) is 12.1 Å². The zero-order valence-electron chi connectivity index (χ0n) is 12.3. The van der Waals surface area contributed by atoms with Crippen molar-refractivity contribution in [3.63, 3.8) is 0 Å². The quantitative estimate of drug-likeness (QED) is 0.760. The Morgan fingerprint density at radius 2 is 2.05 bits per heavy atom. The molecule has 0 bridgehead atoms. The topological polar surface area (TPSA) is 92.8 Å². The molecule has 3 aromatic rings. The lowest BCUT2D eigenvalue weighted by Gasteiger charge is -2.07. The molecule has 7 nitrogen and oxygen atoms in total. The van der Waals surface area contributed by atoms with Crippen molar-refractivity contribution in [1.82, 2.24) is 19.9 Å². The Morgan fingerprint density at radius 1 is 1.23 bits per heavy atom. The number of aromatic nitrogens is 4. The second-order valence-electron chi connectivity index (χ2n) is 4.76. The molecule has 112 valence electrons. The highest BCUT2D eigenvalue weighted by Gasteiger charge is 2.05. The van der Waals surface area contributed by atoms with Crippen LogP contribution in [0.4, 0.5) is 5.95 Å². The number of nitrogens with zero attached hydrogens (tertiary/aromatic N) is 3. The summed E-state index contributed by atoms with van der Waals surface area (Å²) in [5.41, 5.74) is 1.28. The molecule has 0 aliphatic rings. The molecule has 0 unspecified atom stereocenters. The highest BCUT2D eigenvalue weighted by atomic mass is 16.5. The molecule has 7 heteroatoms. The van der Waals surface area contributed by atoms with E-state index in [1.54, 1.807) is 25.3 Å². The van der Waals surface area contributed by atoms with Gasteiger partial charge in [-0.15, -0.1) is 0 Å². The van der Waals surface area contributed by atoms with Crippen LogP contribution in [0.1, 0.15) is 11.5 Å². The maximum absolute atomic E-state index is 12.0. The molecule has 0 radical (unpaired) electrons. The van der Waals surface area contributed by atoms with E-state index in [4.69, 9.17) is 4.74 Å². The molecule has 0 aliphatic heterocycles. The first-order chi connectivity index (χ1) is 10.7. The number of aromatic amines is 1. The van der Waals surface area contributed by atoms with Crippen LogP contribution in [-0.4, -0.2) is 27.0 Å². The summed E-state index contributed by atoms with van der Waals surface area (Å²) in [5, 5.41) is 3.60. The van der Waals surface area contributed by atoms with E-state index < -0.39 is 0 Å². The average molecular weight is 297 g/mol. The summed E-state index contributed by atoms with van der Waals surface area (Å²) in [7, 11) is 1.55. The van der Waals surface area contributed by atoms with Gasteiger partial charge >= 0.3 is 0 Å². The van der Waals surface area contributed by atoms with Crippen LogP contribution in [0.3, 0.4) is 0 Å². The number of hydrogen-bond acceptors (Lipinski definition) is 6. The zero-order valence-corrected chi connectivity index (χ0v) is 12.3. The summed E-state index contributed by atoms with van der Waals surface area (Å²) < 4.78 is 5.10. The van der Waals surface area contributed by atoms with Gasteiger partial charge in [0.2, 0.25) is 11.8 Å². The molecule has 22 heavy (non-hydrogen) atoms. The normalized spacial score (nSPS) is 10.6. The van der Waals surface area contributed by atoms with Crippen molar-refractivity contribution in [1.29, 1.82) is 0 Å². The van der Waals surface area contributed by atoms with Gasteiger partial charge < -0.3 is 15.0 Å². The summed E-state index contributed by atoms with van der Waals surface area (Å²) in [6.45, 7) is 2.16. The molecule has 3 rings (SSSR count). The number of rotatable bonds is 4. The van der Waals surface area contributed by atoms with Gasteiger partial charge in [0.15, 0.2) is 0 Å². The summed E-state index contributed by atoms with van der Waals surface area (Å²) >= 11 is 0. The third-order valence-corrected chi connectivity index (χ3v) is 3.12. The Morgan fingerprint density at radius 3 is 2.86 bits per heavy atom. The van der Waals surface area contributed by atoms with Gasteiger partial charge in [-0.25, -0.2) is 9.97 Å². The number of para-hydroxylation sites is 1. The second kappa shape index (κ2) is 5.80. The standard InChI is InChI=1S/C15H15N5O2/c1-9-7-13(22-2)20-15(17-9)16-8-12-18-11-6-4-3-5-10(11)14(21)19-12/h3-7H,8H2,1-2H3,(H,16,17,20)(H,18,19,21). The summed E-state index contributed by atoms with van der Waals surface area (Å²) in [5.74, 6) is 1.43. The van der Waals surface area contributed by atoms with Crippen molar-refractivity contribution in [2.24, 2.45) is 0 Å². The van der Waals surface area contributed by atoms with E-state index in [0.29, 0.717) is 35.1 Å². The van der Waals surface area contributed by atoms with E-state index in [1.807, 2.05) is 19.1 Å². The Kier molecular flexibility index (Phi) is 3.69. The predicted octanol–water partition coefficient (Wildman–Crippen LogP) is 1.64. The molecule has 0 atom stereocenters. The molecule has 0 aliphatic carbocycles. The van der Waals surface area contributed by atoms with Crippen molar-refractivity contribution >= 4 is 16.9 Å². The minimum Gasteiger partial charge on any atom is -0.481 e. The summed E-state index contributed by atoms with van der Waals surface area (Å²) in [6, 6.07) is 8.94. The van der Waals surface area contributed by atoms with Crippen LogP contribution in [0.5, 0.6) is 5.88 Å². The number of hydrogen-bond donors (Lipinski definition) is 2. The van der Waals surface area contributed by atoms with Crippen LogP contribution in [0.15, 0.2) is 35.1 Å². The molecular weight excluding hydrogens is 282 g/mol.